The van der Waals surface area contributed by atoms with Crippen LogP contribution in [0.1, 0.15) is 5.56 Å². The Labute approximate surface area is 154 Å². The Kier molecular flexibility index (Phi) is 6.92. The summed E-state index contributed by atoms with van der Waals surface area (Å²) in [7, 11) is 1.29. The molecule has 0 bridgehead atoms. The summed E-state index contributed by atoms with van der Waals surface area (Å²) in [6.45, 7) is 0. The number of non-ortho nitro benzene ring substituents is 1. The normalized spacial score (nSPS) is 11.9. The lowest BCUT2D eigenvalue weighted by Crippen LogP contribution is -2.12. The smallest absolute Gasteiger partial charge is 0.334 e. The standard InChI is InChI=1S/C18H17N3O4S/c1-25-17(22)14(11-13-7-9-16(10-8-13)21(23)24)12-26-18(19)20-15-5-3-2-4-6-15/h2-11H,12H2,1H3,(H2,19,20)/b14-11+. The van der Waals surface area contributed by atoms with Crippen molar-refractivity contribution < 1.29 is 14.5 Å². The average Bonchev–Trinajstić information content (AvgIpc) is 2.65. The molecule has 7 nitrogen and oxygen atoms in total. The molecule has 8 heteroatoms. The van der Waals surface area contributed by atoms with E-state index < -0.39 is 10.9 Å². The minimum absolute atomic E-state index is 0.0182. The maximum Gasteiger partial charge on any atom is 0.334 e. The van der Waals surface area contributed by atoms with E-state index in [-0.39, 0.29) is 11.4 Å². The van der Waals surface area contributed by atoms with Crippen molar-refractivity contribution in [2.45, 2.75) is 0 Å². The third kappa shape index (κ3) is 5.75. The minimum Gasteiger partial charge on any atom is -0.466 e. The quantitative estimate of drug-likeness (QED) is 0.208. The molecular weight excluding hydrogens is 354 g/mol. The van der Waals surface area contributed by atoms with E-state index in [1.54, 1.807) is 18.2 Å². The fourth-order valence-electron chi connectivity index (χ4n) is 2.00. The Morgan fingerprint density at radius 1 is 1.23 bits per heavy atom. The number of ether oxygens (including phenoxy) is 1. The highest BCUT2D eigenvalue weighted by molar-refractivity contribution is 8.14. The predicted octanol–water partition coefficient (Wildman–Crippen LogP) is 3.53. The van der Waals surface area contributed by atoms with Crippen molar-refractivity contribution in [3.63, 3.8) is 0 Å². The highest BCUT2D eigenvalue weighted by Gasteiger charge is 2.12. The van der Waals surface area contributed by atoms with Crippen molar-refractivity contribution in [3.05, 3.63) is 75.8 Å². The van der Waals surface area contributed by atoms with E-state index in [0.29, 0.717) is 16.3 Å². The molecular formula is C18H17N3O4S. The van der Waals surface area contributed by atoms with Crippen LogP contribution in [0.15, 0.2) is 65.2 Å². The number of nitro benzene ring substituents is 1. The van der Waals surface area contributed by atoms with Gasteiger partial charge < -0.3 is 10.5 Å². The minimum atomic E-state index is -0.497. The molecule has 0 aliphatic heterocycles. The van der Waals surface area contributed by atoms with E-state index in [4.69, 9.17) is 10.5 Å². The largest absolute Gasteiger partial charge is 0.466 e. The van der Waals surface area contributed by atoms with Gasteiger partial charge in [-0.05, 0) is 35.9 Å². The number of hydrogen-bond donors (Lipinski definition) is 1. The summed E-state index contributed by atoms with van der Waals surface area (Å²) in [5.74, 6) is -0.241. The summed E-state index contributed by atoms with van der Waals surface area (Å²) in [4.78, 5) is 26.4. The first-order chi connectivity index (χ1) is 12.5. The van der Waals surface area contributed by atoms with Gasteiger partial charge in [-0.15, -0.1) is 0 Å². The number of nitro groups is 1. The molecule has 0 heterocycles. The van der Waals surface area contributed by atoms with Crippen LogP contribution in [0, 0.1) is 10.1 Å². The van der Waals surface area contributed by atoms with Gasteiger partial charge in [0.05, 0.1) is 17.7 Å². The molecule has 0 aliphatic carbocycles. The number of rotatable bonds is 6. The number of amidine groups is 1. The molecule has 0 aliphatic rings. The van der Waals surface area contributed by atoms with Crippen LogP contribution in [0.4, 0.5) is 11.4 Å². The van der Waals surface area contributed by atoms with Gasteiger partial charge in [0.15, 0.2) is 5.17 Å². The number of hydrogen-bond acceptors (Lipinski definition) is 6. The second-order valence-corrected chi connectivity index (χ2v) is 6.08. The van der Waals surface area contributed by atoms with Crippen LogP contribution in [0.3, 0.4) is 0 Å². The van der Waals surface area contributed by atoms with Gasteiger partial charge >= 0.3 is 5.97 Å². The number of aliphatic imine (C=N–C) groups is 1. The predicted molar refractivity (Wildman–Crippen MR) is 103 cm³/mol. The summed E-state index contributed by atoms with van der Waals surface area (Å²) >= 11 is 1.20. The summed E-state index contributed by atoms with van der Waals surface area (Å²) in [5.41, 5.74) is 7.62. The van der Waals surface area contributed by atoms with Gasteiger partial charge in [-0.25, -0.2) is 9.79 Å². The summed E-state index contributed by atoms with van der Waals surface area (Å²) in [6.07, 6.45) is 1.61. The fourth-order valence-corrected chi connectivity index (χ4v) is 2.67. The molecule has 0 saturated carbocycles. The van der Waals surface area contributed by atoms with Gasteiger partial charge in [0.2, 0.25) is 0 Å². The van der Waals surface area contributed by atoms with Gasteiger partial charge in [0.1, 0.15) is 0 Å². The third-order valence-corrected chi connectivity index (χ3v) is 4.11. The Bertz CT molecular complexity index is 833. The van der Waals surface area contributed by atoms with E-state index in [2.05, 4.69) is 4.99 Å². The zero-order valence-corrected chi connectivity index (χ0v) is 14.8. The number of para-hydroxylation sites is 1. The number of nitrogens with two attached hydrogens (primary N) is 1. The molecule has 0 aromatic heterocycles. The number of carbonyl (C=O) groups is 1. The molecule has 0 atom stereocenters. The first kappa shape index (κ1) is 19.2. The molecule has 2 rings (SSSR count). The molecule has 0 unspecified atom stereocenters. The number of carbonyl (C=O) groups excluding carboxylic acids is 1. The van der Waals surface area contributed by atoms with E-state index in [9.17, 15) is 14.9 Å². The summed E-state index contributed by atoms with van der Waals surface area (Å²) in [6, 6.07) is 15.1. The number of nitrogens with zero attached hydrogens (tertiary/aromatic N) is 2. The van der Waals surface area contributed by atoms with E-state index in [1.807, 2.05) is 30.3 Å². The number of methoxy groups -OCH3 is 1. The van der Waals surface area contributed by atoms with Crippen LogP contribution < -0.4 is 5.73 Å². The second-order valence-electron chi connectivity index (χ2n) is 5.08. The lowest BCUT2D eigenvalue weighted by molar-refractivity contribution is -0.384. The van der Waals surface area contributed by atoms with Gasteiger partial charge in [0.25, 0.3) is 5.69 Å². The van der Waals surface area contributed by atoms with E-state index in [0.717, 1.165) is 5.69 Å². The van der Waals surface area contributed by atoms with Crippen molar-refractivity contribution >= 4 is 40.3 Å². The Morgan fingerprint density at radius 2 is 1.88 bits per heavy atom. The monoisotopic (exact) mass is 371 g/mol. The zero-order valence-electron chi connectivity index (χ0n) is 14.0. The molecule has 134 valence electrons. The van der Waals surface area contributed by atoms with Crippen molar-refractivity contribution in [2.24, 2.45) is 10.7 Å². The van der Waals surface area contributed by atoms with Gasteiger partial charge in [-0.1, -0.05) is 30.0 Å². The SMILES string of the molecule is COC(=O)/C(=C/c1ccc([N+](=O)[O-])cc1)CSC(N)=Nc1ccccc1. The van der Waals surface area contributed by atoms with Crippen molar-refractivity contribution in [1.82, 2.24) is 0 Å². The van der Waals surface area contributed by atoms with Crippen molar-refractivity contribution in [2.75, 3.05) is 12.9 Å². The maximum absolute atomic E-state index is 12.0. The number of thioether (sulfide) groups is 1. The van der Waals surface area contributed by atoms with Crippen LogP contribution in [0.5, 0.6) is 0 Å². The Hall–Kier alpha value is -3.13. The van der Waals surface area contributed by atoms with Crippen LogP contribution >= 0.6 is 11.8 Å². The van der Waals surface area contributed by atoms with Crippen molar-refractivity contribution in [1.29, 1.82) is 0 Å². The fraction of sp³-hybridized carbons (Fsp3) is 0.111. The summed E-state index contributed by atoms with van der Waals surface area (Å²) in [5, 5.41) is 11.0. The molecule has 2 N–H and O–H groups in total. The van der Waals surface area contributed by atoms with Crippen LogP contribution in [-0.4, -0.2) is 28.9 Å². The topological polar surface area (TPSA) is 108 Å². The highest BCUT2D eigenvalue weighted by Crippen LogP contribution is 2.19. The lowest BCUT2D eigenvalue weighted by atomic mass is 10.1. The van der Waals surface area contributed by atoms with E-state index >= 15 is 0 Å². The second kappa shape index (κ2) is 9.38. The van der Waals surface area contributed by atoms with Crippen LogP contribution in [0.25, 0.3) is 6.08 Å². The van der Waals surface area contributed by atoms with Gasteiger partial charge in [-0.2, -0.15) is 0 Å². The Morgan fingerprint density at radius 3 is 2.46 bits per heavy atom. The molecule has 0 amide bonds. The molecule has 0 saturated heterocycles. The number of benzene rings is 2. The lowest BCUT2D eigenvalue weighted by Gasteiger charge is -2.06. The molecule has 0 spiro atoms. The van der Waals surface area contributed by atoms with Gasteiger partial charge in [-0.3, -0.25) is 10.1 Å². The van der Waals surface area contributed by atoms with E-state index in [1.165, 1.54) is 31.0 Å². The molecule has 0 fully saturated rings. The highest BCUT2D eigenvalue weighted by atomic mass is 32.2. The summed E-state index contributed by atoms with van der Waals surface area (Å²) < 4.78 is 4.79. The molecule has 26 heavy (non-hydrogen) atoms. The average molecular weight is 371 g/mol. The Balaban J connectivity index is 2.13. The van der Waals surface area contributed by atoms with Crippen LogP contribution in [0.2, 0.25) is 0 Å². The third-order valence-electron chi connectivity index (χ3n) is 3.26. The number of esters is 1. The first-order valence-electron chi connectivity index (χ1n) is 7.55. The first-order valence-corrected chi connectivity index (χ1v) is 8.53. The van der Waals surface area contributed by atoms with Gasteiger partial charge in [0, 0.05) is 23.5 Å². The maximum atomic E-state index is 12.0. The molecule has 2 aromatic carbocycles. The van der Waals surface area contributed by atoms with Crippen molar-refractivity contribution in [3.8, 4) is 0 Å². The van der Waals surface area contributed by atoms with Crippen LogP contribution in [-0.2, 0) is 9.53 Å². The zero-order chi connectivity index (χ0) is 18.9. The molecule has 0 radical (unpaired) electrons. The molecule has 2 aromatic rings.